The predicted molar refractivity (Wildman–Crippen MR) is 99.9 cm³/mol. The van der Waals surface area contributed by atoms with Crippen molar-refractivity contribution in [1.29, 1.82) is 0 Å². The molecule has 2 aromatic heterocycles. The van der Waals surface area contributed by atoms with E-state index in [1.807, 2.05) is 31.2 Å². The lowest BCUT2D eigenvalue weighted by molar-refractivity contribution is 1.19. The lowest BCUT2D eigenvalue weighted by Crippen LogP contribution is -2.13. The third-order valence-corrected chi connectivity index (χ3v) is 5.17. The van der Waals surface area contributed by atoms with Gasteiger partial charge in [0.25, 0.3) is 5.56 Å². The Morgan fingerprint density at radius 2 is 1.62 bits per heavy atom. The van der Waals surface area contributed by atoms with Crippen molar-refractivity contribution in [3.63, 3.8) is 0 Å². The highest BCUT2D eigenvalue weighted by molar-refractivity contribution is 6.44. The molecule has 0 fully saturated rings. The fraction of sp³-hybridized carbons (Fsp3) is 0.0526. The van der Waals surface area contributed by atoms with Crippen molar-refractivity contribution in [2.24, 2.45) is 0 Å². The quantitative estimate of drug-likeness (QED) is 0.383. The summed E-state index contributed by atoms with van der Waals surface area (Å²) in [5.74, 6) is 0. The van der Waals surface area contributed by atoms with Gasteiger partial charge in [-0.2, -0.15) is 0 Å². The number of rotatable bonds is 0. The Hall–Kier alpha value is -2.36. The van der Waals surface area contributed by atoms with Crippen LogP contribution in [-0.2, 0) is 0 Å². The lowest BCUT2D eigenvalue weighted by Gasteiger charge is -2.09. The number of hydrogen-bond acceptors (Lipinski definition) is 2. The van der Waals surface area contributed by atoms with Gasteiger partial charge in [0.05, 0.1) is 11.0 Å². The van der Waals surface area contributed by atoms with E-state index in [-0.39, 0.29) is 5.56 Å². The number of imidazole rings is 1. The van der Waals surface area contributed by atoms with Gasteiger partial charge < -0.3 is 0 Å². The Bertz CT molecular complexity index is 1350. The second-order valence-corrected chi connectivity index (χ2v) is 6.82. The molecule has 5 aromatic rings. The summed E-state index contributed by atoms with van der Waals surface area (Å²) in [5, 5.41) is 4.03. The van der Waals surface area contributed by atoms with Crippen molar-refractivity contribution < 1.29 is 0 Å². The first kappa shape index (κ1) is 14.0. The molecule has 0 unspecified atom stereocenters. The summed E-state index contributed by atoms with van der Waals surface area (Å²) in [4.78, 5) is 17.8. The van der Waals surface area contributed by atoms with Crippen LogP contribution in [0.25, 0.3) is 38.2 Å². The number of halogens is 2. The summed E-state index contributed by atoms with van der Waals surface area (Å²) >= 11 is 12.7. The van der Waals surface area contributed by atoms with Crippen LogP contribution in [0.15, 0.2) is 47.3 Å². The Labute approximate surface area is 146 Å². The Morgan fingerprint density at radius 1 is 0.917 bits per heavy atom. The van der Waals surface area contributed by atoms with Crippen LogP contribution in [0.2, 0.25) is 10.0 Å². The largest absolute Gasteiger partial charge is 0.268 e. The van der Waals surface area contributed by atoms with Gasteiger partial charge in [-0.25, -0.2) is 4.98 Å². The van der Waals surface area contributed by atoms with Crippen LogP contribution >= 0.6 is 23.2 Å². The van der Waals surface area contributed by atoms with Crippen LogP contribution in [0.5, 0.6) is 0 Å². The molecule has 116 valence electrons. The first-order valence-corrected chi connectivity index (χ1v) is 8.27. The summed E-state index contributed by atoms with van der Waals surface area (Å²) in [6, 6.07) is 13.1. The van der Waals surface area contributed by atoms with Gasteiger partial charge in [-0.05, 0) is 48.9 Å². The van der Waals surface area contributed by atoms with E-state index in [2.05, 4.69) is 0 Å². The molecule has 0 atom stereocenters. The molecule has 0 saturated carbocycles. The summed E-state index contributed by atoms with van der Waals surface area (Å²) in [5.41, 5.74) is 3.25. The molecule has 24 heavy (non-hydrogen) atoms. The van der Waals surface area contributed by atoms with E-state index in [1.165, 1.54) is 0 Å². The van der Waals surface area contributed by atoms with Crippen molar-refractivity contribution in [2.45, 2.75) is 6.92 Å². The molecular formula is C19H10Cl2N2O. The van der Waals surface area contributed by atoms with Gasteiger partial charge >= 0.3 is 0 Å². The van der Waals surface area contributed by atoms with Gasteiger partial charge in [0.1, 0.15) is 5.65 Å². The smallest absolute Gasteiger partial charge is 0.264 e. The molecule has 0 radical (unpaired) electrons. The normalized spacial score (nSPS) is 12.1. The first-order chi connectivity index (χ1) is 11.6. The molecule has 5 heteroatoms. The fourth-order valence-corrected chi connectivity index (χ4v) is 4.04. The van der Waals surface area contributed by atoms with Gasteiger partial charge in [-0.1, -0.05) is 29.3 Å². The molecule has 0 aliphatic rings. The topological polar surface area (TPSA) is 34.4 Å². The van der Waals surface area contributed by atoms with E-state index in [0.717, 1.165) is 27.4 Å². The molecule has 0 amide bonds. The van der Waals surface area contributed by atoms with Crippen molar-refractivity contribution in [3.05, 3.63) is 68.4 Å². The molecule has 0 aliphatic heterocycles. The molecule has 0 saturated heterocycles. The van der Waals surface area contributed by atoms with E-state index in [9.17, 15) is 4.79 Å². The molecule has 2 heterocycles. The summed E-state index contributed by atoms with van der Waals surface area (Å²) < 4.78 is 1.67. The highest BCUT2D eigenvalue weighted by Crippen LogP contribution is 2.37. The zero-order chi connectivity index (χ0) is 16.6. The van der Waals surface area contributed by atoms with Crippen molar-refractivity contribution >= 4 is 61.4 Å². The second-order valence-electron chi connectivity index (χ2n) is 6.01. The van der Waals surface area contributed by atoms with E-state index in [1.54, 1.807) is 22.6 Å². The SMILES string of the molecule is Cc1ccc2c(c1)nc1c3ccc(Cl)c4c(Cl)ccc(c(=O)n21)c43. The minimum Gasteiger partial charge on any atom is -0.268 e. The van der Waals surface area contributed by atoms with Crippen LogP contribution in [0.3, 0.4) is 0 Å². The maximum atomic E-state index is 13.1. The van der Waals surface area contributed by atoms with Crippen molar-refractivity contribution in [3.8, 4) is 0 Å². The van der Waals surface area contributed by atoms with E-state index in [4.69, 9.17) is 28.2 Å². The molecule has 3 nitrogen and oxygen atoms in total. The molecule has 0 aliphatic carbocycles. The number of hydrogen-bond donors (Lipinski definition) is 0. The fourth-order valence-electron chi connectivity index (χ4n) is 3.48. The Morgan fingerprint density at radius 3 is 2.38 bits per heavy atom. The molecule has 0 bridgehead atoms. The maximum absolute atomic E-state index is 13.1. The van der Waals surface area contributed by atoms with Gasteiger partial charge in [-0.15, -0.1) is 0 Å². The predicted octanol–water partition coefficient (Wildman–Crippen LogP) is 5.21. The maximum Gasteiger partial charge on any atom is 0.264 e. The summed E-state index contributed by atoms with van der Waals surface area (Å²) in [7, 11) is 0. The van der Waals surface area contributed by atoms with E-state index >= 15 is 0 Å². The summed E-state index contributed by atoms with van der Waals surface area (Å²) in [6.07, 6.45) is 0. The van der Waals surface area contributed by atoms with Crippen LogP contribution in [-0.4, -0.2) is 9.38 Å². The van der Waals surface area contributed by atoms with E-state index < -0.39 is 0 Å². The number of pyridine rings is 1. The van der Waals surface area contributed by atoms with Gasteiger partial charge in [0.2, 0.25) is 0 Å². The number of aromatic nitrogens is 2. The van der Waals surface area contributed by atoms with Gasteiger partial charge in [0, 0.05) is 31.6 Å². The highest BCUT2D eigenvalue weighted by Gasteiger charge is 2.18. The van der Waals surface area contributed by atoms with Crippen LogP contribution in [0.1, 0.15) is 5.56 Å². The highest BCUT2D eigenvalue weighted by atomic mass is 35.5. The number of benzene rings is 3. The minimum atomic E-state index is -0.104. The van der Waals surface area contributed by atoms with Crippen LogP contribution in [0, 0.1) is 6.92 Å². The molecule has 5 rings (SSSR count). The van der Waals surface area contributed by atoms with Crippen molar-refractivity contribution in [1.82, 2.24) is 9.38 Å². The molecular weight excluding hydrogens is 343 g/mol. The standard InChI is InChI=1S/C19H10Cl2N2O/c1-9-2-7-15-14(8-9)22-18-10-3-5-12(20)17-13(21)6-4-11(16(10)17)19(24)23(15)18/h2-8H,1H3. The van der Waals surface area contributed by atoms with Crippen molar-refractivity contribution in [2.75, 3.05) is 0 Å². The average molecular weight is 353 g/mol. The lowest BCUT2D eigenvalue weighted by atomic mass is 10.0. The second kappa shape index (κ2) is 4.59. The third-order valence-electron chi connectivity index (χ3n) is 4.54. The van der Waals surface area contributed by atoms with E-state index in [0.29, 0.717) is 26.5 Å². The third kappa shape index (κ3) is 1.63. The molecule has 0 spiro atoms. The Balaban J connectivity index is 2.20. The molecule has 3 aromatic carbocycles. The number of aryl methyl sites for hydroxylation is 1. The Kier molecular flexibility index (Phi) is 2.68. The van der Waals surface area contributed by atoms with Gasteiger partial charge in [-0.3, -0.25) is 9.20 Å². The average Bonchev–Trinajstić information content (AvgIpc) is 2.93. The molecule has 0 N–H and O–H groups in total. The zero-order valence-electron chi connectivity index (χ0n) is 12.6. The zero-order valence-corrected chi connectivity index (χ0v) is 14.1. The van der Waals surface area contributed by atoms with Crippen LogP contribution < -0.4 is 5.56 Å². The minimum absolute atomic E-state index is 0.104. The summed E-state index contributed by atoms with van der Waals surface area (Å²) in [6.45, 7) is 2.01. The number of fused-ring (bicyclic) bond motifs is 4. The van der Waals surface area contributed by atoms with Crippen LogP contribution in [0.4, 0.5) is 0 Å². The first-order valence-electron chi connectivity index (χ1n) is 7.51. The van der Waals surface area contributed by atoms with Gasteiger partial charge in [0.15, 0.2) is 0 Å². The monoisotopic (exact) mass is 352 g/mol. The number of nitrogens with zero attached hydrogens (tertiary/aromatic N) is 2.